The van der Waals surface area contributed by atoms with Gasteiger partial charge in [-0.05, 0) is 18.2 Å². The molecule has 0 aromatic heterocycles. The van der Waals surface area contributed by atoms with E-state index in [0.29, 0.717) is 22.9 Å². The van der Waals surface area contributed by atoms with Gasteiger partial charge >= 0.3 is 0 Å². The van der Waals surface area contributed by atoms with Crippen LogP contribution in [0.4, 0.5) is 4.39 Å². The topological polar surface area (TPSA) is 58.4 Å². The van der Waals surface area contributed by atoms with E-state index in [2.05, 4.69) is 17.2 Å². The van der Waals surface area contributed by atoms with Crippen molar-refractivity contribution in [3.63, 3.8) is 0 Å². The number of nitrogen functional groups attached to an aromatic ring is 1. The fraction of sp³-hybridized carbons (Fsp3) is 0.462. The van der Waals surface area contributed by atoms with Crippen LogP contribution in [0.15, 0.2) is 18.2 Å². The predicted molar refractivity (Wildman–Crippen MR) is 75.3 cm³/mol. The van der Waals surface area contributed by atoms with Gasteiger partial charge in [-0.1, -0.05) is 6.92 Å². The molecule has 1 heterocycles. The molecule has 1 aliphatic rings. The van der Waals surface area contributed by atoms with E-state index in [9.17, 15) is 9.18 Å². The Morgan fingerprint density at radius 3 is 3.11 bits per heavy atom. The molecule has 19 heavy (non-hydrogen) atoms. The summed E-state index contributed by atoms with van der Waals surface area (Å²) < 4.78 is 13.8. The number of nitrogens with zero attached hydrogens (tertiary/aromatic N) is 1. The minimum atomic E-state index is -0.399. The van der Waals surface area contributed by atoms with Crippen LogP contribution in [0, 0.1) is 5.82 Å². The second-order valence-electron chi connectivity index (χ2n) is 4.70. The molecular formula is C13H18FN3OS. The SMILES string of the molecule is CC1CN(Cc2cc(C(=O)NN)ccc2F)CCS1. The van der Waals surface area contributed by atoms with E-state index >= 15 is 0 Å². The first-order chi connectivity index (χ1) is 9.10. The van der Waals surface area contributed by atoms with E-state index in [1.165, 1.54) is 12.1 Å². The molecule has 1 fully saturated rings. The number of hydrogen-bond acceptors (Lipinski definition) is 4. The largest absolute Gasteiger partial charge is 0.297 e. The molecule has 1 unspecified atom stereocenters. The van der Waals surface area contributed by atoms with Crippen molar-refractivity contribution in [3.05, 3.63) is 35.1 Å². The monoisotopic (exact) mass is 283 g/mol. The molecule has 1 aromatic rings. The van der Waals surface area contributed by atoms with Gasteiger partial charge in [-0.3, -0.25) is 15.1 Å². The van der Waals surface area contributed by atoms with Crippen molar-refractivity contribution in [1.82, 2.24) is 10.3 Å². The molecule has 1 amide bonds. The smallest absolute Gasteiger partial charge is 0.265 e. The van der Waals surface area contributed by atoms with Crippen LogP contribution in [0.3, 0.4) is 0 Å². The zero-order valence-corrected chi connectivity index (χ0v) is 11.7. The first kappa shape index (κ1) is 14.3. The van der Waals surface area contributed by atoms with E-state index < -0.39 is 5.91 Å². The molecule has 1 saturated heterocycles. The van der Waals surface area contributed by atoms with Crippen molar-refractivity contribution in [3.8, 4) is 0 Å². The van der Waals surface area contributed by atoms with E-state index in [4.69, 9.17) is 5.84 Å². The molecule has 2 rings (SSSR count). The zero-order valence-electron chi connectivity index (χ0n) is 10.9. The number of hydrogen-bond donors (Lipinski definition) is 2. The average Bonchev–Trinajstić information content (AvgIpc) is 2.40. The molecule has 1 aliphatic heterocycles. The summed E-state index contributed by atoms with van der Waals surface area (Å²) in [6.07, 6.45) is 0. The fourth-order valence-corrected chi connectivity index (χ4v) is 3.28. The Morgan fingerprint density at radius 2 is 2.42 bits per heavy atom. The fourth-order valence-electron chi connectivity index (χ4n) is 2.20. The third-order valence-corrected chi connectivity index (χ3v) is 4.29. The van der Waals surface area contributed by atoms with Gasteiger partial charge in [0.05, 0.1) is 0 Å². The van der Waals surface area contributed by atoms with Crippen molar-refractivity contribution >= 4 is 17.7 Å². The summed E-state index contributed by atoms with van der Waals surface area (Å²) in [5, 5.41) is 0.562. The van der Waals surface area contributed by atoms with E-state index in [1.54, 1.807) is 6.07 Å². The predicted octanol–water partition coefficient (Wildman–Crippen LogP) is 1.37. The molecule has 0 aliphatic carbocycles. The maximum Gasteiger partial charge on any atom is 0.265 e. The summed E-state index contributed by atoms with van der Waals surface area (Å²) in [5.41, 5.74) is 2.99. The van der Waals surface area contributed by atoms with Gasteiger partial charge in [0.15, 0.2) is 0 Å². The minimum Gasteiger partial charge on any atom is -0.297 e. The number of benzene rings is 1. The van der Waals surface area contributed by atoms with E-state index in [0.717, 1.165) is 18.8 Å². The van der Waals surface area contributed by atoms with Gasteiger partial charge in [0.2, 0.25) is 0 Å². The van der Waals surface area contributed by atoms with Crippen LogP contribution in [0.25, 0.3) is 0 Å². The first-order valence-corrected chi connectivity index (χ1v) is 7.28. The number of thioether (sulfide) groups is 1. The number of nitrogens with one attached hydrogen (secondary N) is 1. The van der Waals surface area contributed by atoms with Gasteiger partial charge in [-0.2, -0.15) is 11.8 Å². The van der Waals surface area contributed by atoms with Crippen molar-refractivity contribution in [2.24, 2.45) is 5.84 Å². The van der Waals surface area contributed by atoms with Crippen LogP contribution in [0.2, 0.25) is 0 Å². The summed E-state index contributed by atoms with van der Waals surface area (Å²) in [6.45, 7) is 4.59. The standard InChI is InChI=1S/C13H18FN3OS/c1-9-7-17(4-5-19-9)8-11-6-10(13(18)16-15)2-3-12(11)14/h2-3,6,9H,4-5,7-8,15H2,1H3,(H,16,18). The van der Waals surface area contributed by atoms with Gasteiger partial charge in [-0.15, -0.1) is 0 Å². The summed E-state index contributed by atoms with van der Waals surface area (Å²) in [7, 11) is 0. The molecule has 104 valence electrons. The Labute approximate surface area is 116 Å². The van der Waals surface area contributed by atoms with Crippen molar-refractivity contribution < 1.29 is 9.18 Å². The molecule has 0 bridgehead atoms. The highest BCUT2D eigenvalue weighted by molar-refractivity contribution is 7.99. The first-order valence-electron chi connectivity index (χ1n) is 6.23. The summed E-state index contributed by atoms with van der Waals surface area (Å²) in [5.74, 6) is 5.47. The Bertz CT molecular complexity index is 469. The van der Waals surface area contributed by atoms with Gasteiger partial charge < -0.3 is 0 Å². The number of amides is 1. The molecule has 0 radical (unpaired) electrons. The number of nitrogens with two attached hydrogens (primary N) is 1. The highest BCUT2D eigenvalue weighted by atomic mass is 32.2. The quantitative estimate of drug-likeness (QED) is 0.500. The Kier molecular flexibility index (Phi) is 4.79. The molecule has 0 saturated carbocycles. The molecular weight excluding hydrogens is 265 g/mol. The molecule has 6 heteroatoms. The number of rotatable bonds is 3. The van der Waals surface area contributed by atoms with Crippen LogP contribution < -0.4 is 11.3 Å². The number of halogens is 1. The van der Waals surface area contributed by atoms with Gasteiger partial charge in [0, 0.05) is 41.8 Å². The van der Waals surface area contributed by atoms with Gasteiger partial charge in [0.25, 0.3) is 5.91 Å². The lowest BCUT2D eigenvalue weighted by molar-refractivity contribution is 0.0953. The average molecular weight is 283 g/mol. The van der Waals surface area contributed by atoms with Crippen molar-refractivity contribution in [2.75, 3.05) is 18.8 Å². The Morgan fingerprint density at radius 1 is 1.63 bits per heavy atom. The molecule has 4 nitrogen and oxygen atoms in total. The number of carbonyl (C=O) groups is 1. The third-order valence-electron chi connectivity index (χ3n) is 3.16. The normalized spacial score (nSPS) is 20.3. The second kappa shape index (κ2) is 6.36. The summed E-state index contributed by atoms with van der Waals surface area (Å²) >= 11 is 1.93. The highest BCUT2D eigenvalue weighted by Crippen LogP contribution is 2.21. The molecule has 0 spiro atoms. The van der Waals surface area contributed by atoms with Crippen molar-refractivity contribution in [2.45, 2.75) is 18.7 Å². The molecule has 1 aromatic carbocycles. The number of hydrazine groups is 1. The van der Waals surface area contributed by atoms with Crippen molar-refractivity contribution in [1.29, 1.82) is 0 Å². The maximum atomic E-state index is 13.8. The third kappa shape index (κ3) is 3.68. The van der Waals surface area contributed by atoms with E-state index in [1.807, 2.05) is 11.8 Å². The maximum absolute atomic E-state index is 13.8. The van der Waals surface area contributed by atoms with Gasteiger partial charge in [-0.25, -0.2) is 10.2 Å². The molecule has 3 N–H and O–H groups in total. The lowest BCUT2D eigenvalue weighted by atomic mass is 10.1. The Balaban J connectivity index is 2.12. The van der Waals surface area contributed by atoms with Crippen LogP contribution in [-0.4, -0.2) is 34.9 Å². The van der Waals surface area contributed by atoms with Crippen LogP contribution in [-0.2, 0) is 6.54 Å². The number of carbonyl (C=O) groups excluding carboxylic acids is 1. The van der Waals surface area contributed by atoms with Crippen LogP contribution >= 0.6 is 11.8 Å². The van der Waals surface area contributed by atoms with Crippen LogP contribution in [0.1, 0.15) is 22.8 Å². The van der Waals surface area contributed by atoms with E-state index in [-0.39, 0.29) is 5.82 Å². The lowest BCUT2D eigenvalue weighted by Gasteiger charge is -2.30. The summed E-state index contributed by atoms with van der Waals surface area (Å²) in [4.78, 5) is 13.7. The summed E-state index contributed by atoms with van der Waals surface area (Å²) in [6, 6.07) is 4.34. The molecule has 1 atom stereocenters. The zero-order chi connectivity index (χ0) is 13.8. The van der Waals surface area contributed by atoms with Gasteiger partial charge in [0.1, 0.15) is 5.82 Å². The Hall–Kier alpha value is -1.11. The minimum absolute atomic E-state index is 0.278. The second-order valence-corrected chi connectivity index (χ2v) is 6.24. The lowest BCUT2D eigenvalue weighted by Crippen LogP contribution is -2.36. The highest BCUT2D eigenvalue weighted by Gasteiger charge is 2.18. The van der Waals surface area contributed by atoms with Crippen LogP contribution in [0.5, 0.6) is 0 Å².